The molecule has 0 amide bonds. The van der Waals surface area contributed by atoms with Gasteiger partial charge in [0.15, 0.2) is 0 Å². The lowest BCUT2D eigenvalue weighted by Gasteiger charge is -2.34. The van der Waals surface area contributed by atoms with Gasteiger partial charge in [-0.25, -0.2) is 9.37 Å². The lowest BCUT2D eigenvalue weighted by atomic mass is 9.71. The van der Waals surface area contributed by atoms with Crippen molar-refractivity contribution in [1.82, 2.24) is 13.9 Å². The minimum Gasteiger partial charge on any atom is -0.400 e. The van der Waals surface area contributed by atoms with Gasteiger partial charge in [-0.3, -0.25) is 13.9 Å². The second-order valence-corrected chi connectivity index (χ2v) is 11.1. The van der Waals surface area contributed by atoms with Crippen LogP contribution >= 0.6 is 0 Å². The Morgan fingerprint density at radius 2 is 1.74 bits per heavy atom. The number of fused-ring (bicyclic) bond motifs is 1. The third-order valence-electron chi connectivity index (χ3n) is 8.39. The number of aliphatic hydroxyl groups is 1. The van der Waals surface area contributed by atoms with Crippen LogP contribution in [0.3, 0.4) is 0 Å². The average molecular weight is 597 g/mol. The van der Waals surface area contributed by atoms with Crippen LogP contribution in [-0.2, 0) is 12.7 Å². The molecular weight excluding hydrogens is 557 g/mol. The molecule has 0 bridgehead atoms. The molecule has 6 rings (SSSR count). The zero-order chi connectivity index (χ0) is 31.1. The van der Waals surface area contributed by atoms with E-state index in [1.165, 1.54) is 16.8 Å². The molecule has 1 radical (unpaired) electrons. The minimum atomic E-state index is -4.58. The zero-order valence-corrected chi connectivity index (χ0v) is 24.7. The first kappa shape index (κ1) is 32.2. The Hall–Kier alpha value is -3.75. The van der Waals surface area contributed by atoms with E-state index in [9.17, 15) is 18.0 Å². The van der Waals surface area contributed by atoms with Crippen molar-refractivity contribution in [2.24, 2.45) is 16.1 Å². The van der Waals surface area contributed by atoms with Gasteiger partial charge in [-0.15, -0.1) is 12.8 Å². The van der Waals surface area contributed by atoms with E-state index in [0.717, 1.165) is 81.3 Å². The molecule has 0 spiro atoms. The number of likely N-dealkylation sites (N-methyl/N-ethyl adjacent to an activating group) is 1. The third kappa shape index (κ3) is 6.92. The second kappa shape index (κ2) is 14.1. The van der Waals surface area contributed by atoms with Crippen molar-refractivity contribution >= 4 is 11.9 Å². The van der Waals surface area contributed by atoms with Gasteiger partial charge in [0.2, 0.25) is 0 Å². The highest BCUT2D eigenvalue weighted by Gasteiger charge is 2.42. The summed E-state index contributed by atoms with van der Waals surface area (Å²) in [7, 11) is 2.91. The first-order chi connectivity index (χ1) is 20.8. The number of azo groups is 1. The van der Waals surface area contributed by atoms with Crippen LogP contribution < -0.4 is 5.69 Å². The summed E-state index contributed by atoms with van der Waals surface area (Å²) in [6, 6.07) is 8.74. The van der Waals surface area contributed by atoms with E-state index in [2.05, 4.69) is 28.0 Å². The molecular formula is C32H39F3N6O2+. The lowest BCUT2D eigenvalue weighted by molar-refractivity contribution is -0.480. The number of likely N-dealkylation sites (tertiary alicyclic amines) is 1. The SMILES string of the molecule is C#C.CO.C[N+]1=CN=N[C]1[C@@H](c1cccc(-n2cc3c(C(F)(F)F)cc(CN4CCCCCC4)cn3c2=O)c1)C1CCC1. The number of alkyl halides is 3. The summed E-state index contributed by atoms with van der Waals surface area (Å²) in [5, 5.41) is 15.4. The van der Waals surface area contributed by atoms with Gasteiger partial charge in [-0.2, -0.15) is 13.2 Å². The fraction of sp³-hybridized carbons (Fsp3) is 0.469. The van der Waals surface area contributed by atoms with Crippen LogP contribution in [0.15, 0.2) is 57.7 Å². The highest BCUT2D eigenvalue weighted by atomic mass is 19.4. The number of imidazole rings is 1. The fourth-order valence-electron chi connectivity index (χ4n) is 6.14. The first-order valence-corrected chi connectivity index (χ1v) is 14.6. The predicted molar refractivity (Wildman–Crippen MR) is 160 cm³/mol. The van der Waals surface area contributed by atoms with Gasteiger partial charge in [-0.1, -0.05) is 31.4 Å². The molecule has 1 aliphatic carbocycles. The van der Waals surface area contributed by atoms with Gasteiger partial charge in [0.05, 0.1) is 34.8 Å². The predicted octanol–water partition coefficient (Wildman–Crippen LogP) is 5.85. The third-order valence-corrected chi connectivity index (χ3v) is 8.39. The maximum absolute atomic E-state index is 14.2. The molecule has 8 nitrogen and oxygen atoms in total. The van der Waals surface area contributed by atoms with E-state index >= 15 is 0 Å². The van der Waals surface area contributed by atoms with Gasteiger partial charge in [-0.05, 0) is 79.1 Å². The summed E-state index contributed by atoms with van der Waals surface area (Å²) < 4.78 is 47.1. The number of aliphatic hydroxyl groups excluding tert-OH is 1. The van der Waals surface area contributed by atoms with Gasteiger partial charge in [0, 0.05) is 26.0 Å². The van der Waals surface area contributed by atoms with Crippen molar-refractivity contribution in [3.05, 3.63) is 76.1 Å². The Bertz CT molecular complexity index is 1530. The van der Waals surface area contributed by atoms with Crippen LogP contribution in [0.25, 0.3) is 11.2 Å². The molecule has 1 aromatic carbocycles. The molecule has 3 aromatic rings. The molecule has 2 aromatic heterocycles. The fourth-order valence-corrected chi connectivity index (χ4v) is 6.14. The molecule has 0 unspecified atom stereocenters. The summed E-state index contributed by atoms with van der Waals surface area (Å²) >= 11 is 0. The van der Waals surface area contributed by atoms with Crippen LogP contribution in [0, 0.1) is 24.9 Å². The molecule has 1 N–H and O–H groups in total. The number of nitrogens with zero attached hydrogens (tertiary/aromatic N) is 6. The molecule has 1 atom stereocenters. The largest absolute Gasteiger partial charge is 0.418 e. The van der Waals surface area contributed by atoms with E-state index in [1.807, 2.05) is 29.8 Å². The summed E-state index contributed by atoms with van der Waals surface area (Å²) in [6.45, 7) is 2.11. The minimum absolute atomic E-state index is 0.00453. The second-order valence-electron chi connectivity index (χ2n) is 11.1. The van der Waals surface area contributed by atoms with Crippen molar-refractivity contribution in [3.63, 3.8) is 0 Å². The van der Waals surface area contributed by atoms with Crippen molar-refractivity contribution in [2.75, 3.05) is 27.2 Å². The van der Waals surface area contributed by atoms with E-state index < -0.39 is 17.4 Å². The molecule has 11 heteroatoms. The Kier molecular flexibility index (Phi) is 10.6. The maximum atomic E-state index is 14.2. The smallest absolute Gasteiger partial charge is 0.400 e. The van der Waals surface area contributed by atoms with E-state index in [0.29, 0.717) is 23.7 Å². The number of hydrogen-bond acceptors (Lipinski definition) is 5. The zero-order valence-electron chi connectivity index (χ0n) is 24.7. The number of pyridine rings is 1. The molecule has 43 heavy (non-hydrogen) atoms. The molecule has 229 valence electrons. The van der Waals surface area contributed by atoms with Crippen LogP contribution in [0.4, 0.5) is 13.2 Å². The highest BCUT2D eigenvalue weighted by Crippen LogP contribution is 2.46. The topological polar surface area (TPSA) is 77.6 Å². The Morgan fingerprint density at radius 1 is 1.05 bits per heavy atom. The number of halogens is 3. The normalized spacial score (nSPS) is 18.6. The monoisotopic (exact) mass is 596 g/mol. The summed E-state index contributed by atoms with van der Waals surface area (Å²) in [5.74, 6) is 0.413. The molecule has 1 saturated heterocycles. The van der Waals surface area contributed by atoms with Crippen molar-refractivity contribution in [1.29, 1.82) is 0 Å². The van der Waals surface area contributed by atoms with Gasteiger partial charge in [0.1, 0.15) is 0 Å². The molecule has 3 aliphatic rings. The molecule has 4 heterocycles. The average Bonchev–Trinajstić information content (AvgIpc) is 3.44. The summed E-state index contributed by atoms with van der Waals surface area (Å²) in [4.78, 5) is 15.8. The van der Waals surface area contributed by atoms with Crippen molar-refractivity contribution in [3.8, 4) is 18.5 Å². The van der Waals surface area contributed by atoms with Crippen LogP contribution in [-0.4, -0.2) is 57.1 Å². The summed E-state index contributed by atoms with van der Waals surface area (Å²) in [6.07, 6.45) is 16.5. The Labute approximate surface area is 250 Å². The van der Waals surface area contributed by atoms with Crippen LogP contribution in [0.2, 0.25) is 0 Å². The Balaban J connectivity index is 0.00000102. The number of aromatic nitrogens is 2. The van der Waals surface area contributed by atoms with Gasteiger partial charge in [0.25, 0.3) is 0 Å². The maximum Gasteiger partial charge on any atom is 0.418 e. The number of terminal acetylenes is 1. The van der Waals surface area contributed by atoms with Crippen molar-refractivity contribution < 1.29 is 22.9 Å². The quantitative estimate of drug-likeness (QED) is 0.287. The van der Waals surface area contributed by atoms with Crippen LogP contribution in [0.5, 0.6) is 0 Å². The standard InChI is InChI=1S/C29H33F3N6O.C2H2.CH4O/c1-35-19-33-34-27(35)26(21-8-6-9-21)22-10-7-11-23(15-22)37-18-25-24(29(30,31)32)14-20(17-38(25)28(37)39)16-36-12-4-2-3-5-13-36;2*1-2/h7,10-11,14-15,17-19,21,26H,2-6,8-9,12-13,16H2,1H3;1-2H;2H,1H3/q+1;;/t26-;;/m1../s1. The first-order valence-electron chi connectivity index (χ1n) is 14.6. The number of rotatable bonds is 6. The van der Waals surface area contributed by atoms with E-state index in [1.54, 1.807) is 18.6 Å². The van der Waals surface area contributed by atoms with Crippen molar-refractivity contribution in [2.45, 2.75) is 63.6 Å². The van der Waals surface area contributed by atoms with Crippen LogP contribution in [0.1, 0.15) is 67.6 Å². The number of benzene rings is 1. The molecule has 2 aliphatic heterocycles. The lowest BCUT2D eigenvalue weighted by Crippen LogP contribution is -2.29. The van der Waals surface area contributed by atoms with E-state index in [-0.39, 0.29) is 11.4 Å². The molecule has 1 saturated carbocycles. The van der Waals surface area contributed by atoms with E-state index in [4.69, 9.17) is 5.11 Å². The summed E-state index contributed by atoms with van der Waals surface area (Å²) in [5.41, 5.74) is 0.583. The van der Waals surface area contributed by atoms with Gasteiger partial charge >= 0.3 is 24.4 Å². The Morgan fingerprint density at radius 3 is 2.33 bits per heavy atom. The number of hydrogen-bond donors (Lipinski definition) is 1. The van der Waals surface area contributed by atoms with Gasteiger partial charge < -0.3 is 5.11 Å². The molecule has 2 fully saturated rings. The highest BCUT2D eigenvalue weighted by molar-refractivity contribution is 5.58.